The second-order valence-corrected chi connectivity index (χ2v) is 7.50. The van der Waals surface area contributed by atoms with Crippen molar-refractivity contribution in [3.8, 4) is 5.75 Å². The summed E-state index contributed by atoms with van der Waals surface area (Å²) in [7, 11) is 0. The fourth-order valence-electron chi connectivity index (χ4n) is 3.03. The first-order chi connectivity index (χ1) is 12.3. The van der Waals surface area contributed by atoms with E-state index in [2.05, 4.69) is 34.7 Å². The minimum Gasteiger partial charge on any atom is -0.508 e. The summed E-state index contributed by atoms with van der Waals surface area (Å²) in [5, 5.41) is 15.0. The maximum atomic E-state index is 9.57. The van der Waals surface area contributed by atoms with Crippen LogP contribution in [0.5, 0.6) is 5.75 Å². The number of nitrogens with one attached hydrogen (secondary N) is 1. The highest BCUT2D eigenvalue weighted by atomic mass is 32.1. The quantitative estimate of drug-likeness (QED) is 0.688. The number of hydrogen-bond donors (Lipinski definition) is 2. The van der Waals surface area contributed by atoms with E-state index in [-0.39, 0.29) is 0 Å². The minimum absolute atomic E-state index is 0.437. The molecule has 4 heteroatoms. The van der Waals surface area contributed by atoms with Crippen LogP contribution in [-0.4, -0.2) is 42.7 Å². The second kappa shape index (κ2) is 12.1. The molecule has 0 radical (unpaired) electrons. The molecule has 0 bridgehead atoms. The molecule has 0 spiro atoms. The molecule has 2 N–H and O–H groups in total. The number of rotatable bonds is 8. The predicted molar refractivity (Wildman–Crippen MR) is 109 cm³/mol. The number of aromatic hydroxyl groups is 1. The fourth-order valence-corrected chi connectivity index (χ4v) is 3.78. The van der Waals surface area contributed by atoms with Gasteiger partial charge in [-0.05, 0) is 81.4 Å². The Labute approximate surface area is 156 Å². The van der Waals surface area contributed by atoms with Crippen molar-refractivity contribution < 1.29 is 5.11 Å². The van der Waals surface area contributed by atoms with Gasteiger partial charge in [0.1, 0.15) is 5.75 Å². The molecule has 1 aliphatic heterocycles. The molecule has 3 rings (SSSR count). The molecular weight excluding hydrogens is 328 g/mol. The van der Waals surface area contributed by atoms with Gasteiger partial charge in [0, 0.05) is 11.4 Å². The van der Waals surface area contributed by atoms with E-state index in [0.717, 1.165) is 31.6 Å². The fraction of sp³-hybridized carbons (Fsp3) is 0.524. The average Bonchev–Trinajstić information content (AvgIpc) is 3.32. The molecule has 0 aliphatic carbocycles. The van der Waals surface area contributed by atoms with Gasteiger partial charge in [0.2, 0.25) is 0 Å². The summed E-state index contributed by atoms with van der Waals surface area (Å²) < 4.78 is 0. The van der Waals surface area contributed by atoms with Crippen molar-refractivity contribution >= 4 is 11.3 Å². The normalized spacial score (nSPS) is 14.3. The van der Waals surface area contributed by atoms with Crippen LogP contribution in [0.2, 0.25) is 0 Å². The molecule has 2 aromatic rings. The Hall–Kier alpha value is -1.36. The minimum atomic E-state index is 0.437. The van der Waals surface area contributed by atoms with Crippen molar-refractivity contribution in [2.24, 2.45) is 0 Å². The highest BCUT2D eigenvalue weighted by Gasteiger charge is 2.11. The van der Waals surface area contributed by atoms with E-state index in [4.69, 9.17) is 0 Å². The van der Waals surface area contributed by atoms with Crippen molar-refractivity contribution in [1.82, 2.24) is 10.2 Å². The van der Waals surface area contributed by atoms with E-state index in [1.807, 2.05) is 29.5 Å². The maximum absolute atomic E-state index is 9.57. The summed E-state index contributed by atoms with van der Waals surface area (Å²) in [6.07, 6.45) is 6.12. The lowest BCUT2D eigenvalue weighted by Crippen LogP contribution is -2.21. The molecule has 0 amide bonds. The van der Waals surface area contributed by atoms with Gasteiger partial charge in [0.15, 0.2) is 0 Å². The van der Waals surface area contributed by atoms with Gasteiger partial charge in [-0.2, -0.15) is 0 Å². The summed E-state index contributed by atoms with van der Waals surface area (Å²) in [5.74, 6) is 0.437. The number of likely N-dealkylation sites (tertiary alicyclic amines) is 1. The monoisotopic (exact) mass is 360 g/mol. The molecule has 3 nitrogen and oxygen atoms in total. The molecule has 2 heterocycles. The molecule has 1 aromatic carbocycles. The Morgan fingerprint density at radius 1 is 1.08 bits per heavy atom. The predicted octanol–water partition coefficient (Wildman–Crippen LogP) is 4.32. The zero-order valence-electron chi connectivity index (χ0n) is 15.4. The Morgan fingerprint density at radius 2 is 1.88 bits per heavy atom. The van der Waals surface area contributed by atoms with Gasteiger partial charge < -0.3 is 15.3 Å². The van der Waals surface area contributed by atoms with Crippen LogP contribution in [0.15, 0.2) is 41.8 Å². The first-order valence-electron chi connectivity index (χ1n) is 9.52. The lowest BCUT2D eigenvalue weighted by atomic mass is 10.1. The van der Waals surface area contributed by atoms with Crippen LogP contribution in [0.1, 0.15) is 36.6 Å². The van der Waals surface area contributed by atoms with Gasteiger partial charge in [0.25, 0.3) is 0 Å². The number of phenols is 1. The van der Waals surface area contributed by atoms with Gasteiger partial charge in [-0.25, -0.2) is 0 Å². The van der Waals surface area contributed by atoms with E-state index in [0.29, 0.717) is 5.75 Å². The van der Waals surface area contributed by atoms with Crippen molar-refractivity contribution in [3.63, 3.8) is 0 Å². The van der Waals surface area contributed by atoms with E-state index in [1.54, 1.807) is 6.07 Å². The molecule has 0 unspecified atom stereocenters. The summed E-state index contributed by atoms with van der Waals surface area (Å²) >= 11 is 1.85. The summed E-state index contributed by atoms with van der Waals surface area (Å²) in [4.78, 5) is 3.97. The van der Waals surface area contributed by atoms with Gasteiger partial charge in [-0.15, -0.1) is 11.3 Å². The Kier molecular flexibility index (Phi) is 9.63. The third-order valence-electron chi connectivity index (χ3n) is 4.49. The molecule has 1 aromatic heterocycles. The van der Waals surface area contributed by atoms with Gasteiger partial charge >= 0.3 is 0 Å². The standard InChI is InChI=1S/C12H17NO.C9H15NS/c14-12-6-2-1-5-11(12)7-10-13-8-3-4-9-13;1-2-10-7-3-5-9-6-4-8-11-9/h1-2,5-6,14H,3-4,7-10H2;4,6,8,10H,2-3,5,7H2,1H3. The molecule has 0 saturated carbocycles. The van der Waals surface area contributed by atoms with E-state index < -0.39 is 0 Å². The number of nitrogens with zero attached hydrogens (tertiary/aromatic N) is 1. The van der Waals surface area contributed by atoms with E-state index in [9.17, 15) is 5.11 Å². The largest absolute Gasteiger partial charge is 0.508 e. The number of phenolic OH excluding ortho intramolecular Hbond substituents is 1. The zero-order chi connectivity index (χ0) is 17.7. The Balaban J connectivity index is 0.000000186. The van der Waals surface area contributed by atoms with Crippen molar-refractivity contribution in [2.75, 3.05) is 32.7 Å². The van der Waals surface area contributed by atoms with E-state index >= 15 is 0 Å². The lowest BCUT2D eigenvalue weighted by molar-refractivity contribution is 0.341. The van der Waals surface area contributed by atoms with Crippen molar-refractivity contribution in [3.05, 3.63) is 52.2 Å². The Morgan fingerprint density at radius 3 is 2.56 bits per heavy atom. The van der Waals surface area contributed by atoms with Crippen LogP contribution in [0.3, 0.4) is 0 Å². The number of benzene rings is 1. The molecule has 25 heavy (non-hydrogen) atoms. The number of aryl methyl sites for hydroxylation is 1. The van der Waals surface area contributed by atoms with Crippen LogP contribution >= 0.6 is 11.3 Å². The molecule has 138 valence electrons. The zero-order valence-corrected chi connectivity index (χ0v) is 16.2. The Bertz CT molecular complexity index is 565. The van der Waals surface area contributed by atoms with Gasteiger partial charge in [-0.1, -0.05) is 31.2 Å². The van der Waals surface area contributed by atoms with Gasteiger partial charge in [-0.3, -0.25) is 0 Å². The van der Waals surface area contributed by atoms with Crippen LogP contribution in [0, 0.1) is 0 Å². The van der Waals surface area contributed by atoms with Crippen LogP contribution in [-0.2, 0) is 12.8 Å². The SMILES string of the molecule is CCNCCCc1cccs1.Oc1ccccc1CCN1CCCC1. The van der Waals surface area contributed by atoms with Gasteiger partial charge in [0.05, 0.1) is 0 Å². The molecule has 1 fully saturated rings. The first-order valence-corrected chi connectivity index (χ1v) is 10.4. The van der Waals surface area contributed by atoms with Crippen molar-refractivity contribution in [1.29, 1.82) is 0 Å². The summed E-state index contributed by atoms with van der Waals surface area (Å²) in [5.41, 5.74) is 1.07. The first kappa shape index (κ1) is 20.0. The lowest BCUT2D eigenvalue weighted by Gasteiger charge is -2.14. The van der Waals surface area contributed by atoms with Crippen LogP contribution in [0.4, 0.5) is 0 Å². The molecular formula is C21H32N2OS. The topological polar surface area (TPSA) is 35.5 Å². The molecule has 1 aliphatic rings. The smallest absolute Gasteiger partial charge is 0.118 e. The number of thiophene rings is 1. The highest BCUT2D eigenvalue weighted by molar-refractivity contribution is 7.09. The molecule has 0 atom stereocenters. The van der Waals surface area contributed by atoms with Crippen LogP contribution < -0.4 is 5.32 Å². The average molecular weight is 361 g/mol. The number of hydrogen-bond acceptors (Lipinski definition) is 4. The maximum Gasteiger partial charge on any atom is 0.118 e. The highest BCUT2D eigenvalue weighted by Crippen LogP contribution is 2.17. The molecule has 1 saturated heterocycles. The summed E-state index contributed by atoms with van der Waals surface area (Å²) in [6.45, 7) is 7.92. The van der Waals surface area contributed by atoms with Crippen LogP contribution in [0.25, 0.3) is 0 Å². The summed E-state index contributed by atoms with van der Waals surface area (Å²) in [6, 6.07) is 11.9. The third kappa shape index (κ3) is 8.04. The van der Waals surface area contributed by atoms with E-state index in [1.165, 1.54) is 43.6 Å². The third-order valence-corrected chi connectivity index (χ3v) is 5.43. The van der Waals surface area contributed by atoms with Crippen molar-refractivity contribution in [2.45, 2.75) is 39.0 Å². The number of para-hydroxylation sites is 1. The second-order valence-electron chi connectivity index (χ2n) is 6.46.